The van der Waals surface area contributed by atoms with Crippen LogP contribution in [0.1, 0.15) is 41.3 Å². The summed E-state index contributed by atoms with van der Waals surface area (Å²) in [4.78, 5) is 18.7. The van der Waals surface area contributed by atoms with Gasteiger partial charge in [-0.05, 0) is 41.7 Å². The molecule has 24 heavy (non-hydrogen) atoms. The van der Waals surface area contributed by atoms with Crippen molar-refractivity contribution >= 4 is 30.7 Å². The topological polar surface area (TPSA) is 33.2 Å². The number of fused-ring (bicyclic) bond motifs is 2. The molecule has 1 atom stereocenters. The fourth-order valence-electron chi connectivity index (χ4n) is 3.86. The number of halogens is 1. The van der Waals surface area contributed by atoms with Crippen LogP contribution in [0.15, 0.2) is 30.5 Å². The first-order valence-electron chi connectivity index (χ1n) is 8.40. The molecule has 0 saturated carbocycles. The van der Waals surface area contributed by atoms with Crippen LogP contribution in [0.5, 0.6) is 0 Å². The van der Waals surface area contributed by atoms with Crippen LogP contribution in [0.25, 0.3) is 0 Å². The van der Waals surface area contributed by atoms with E-state index in [4.69, 9.17) is 24.4 Å². The molecule has 0 amide bonds. The number of hydrogen-bond acceptors (Lipinski definition) is 3. The van der Waals surface area contributed by atoms with E-state index in [-0.39, 0.29) is 6.04 Å². The molecule has 2 radical (unpaired) electrons. The Hall–Kier alpha value is -1.65. The lowest BCUT2D eigenvalue weighted by atomic mass is 9.92. The van der Waals surface area contributed by atoms with Crippen molar-refractivity contribution in [1.82, 2.24) is 9.88 Å². The van der Waals surface area contributed by atoms with Crippen molar-refractivity contribution in [3.05, 3.63) is 57.9 Å². The van der Waals surface area contributed by atoms with Gasteiger partial charge in [-0.15, -0.1) is 0 Å². The van der Waals surface area contributed by atoms with Crippen LogP contribution in [0.2, 0.25) is 5.02 Å². The van der Waals surface area contributed by atoms with E-state index in [1.807, 2.05) is 12.1 Å². The SMILES string of the molecule is [B]c1cnc2c(c1)CCc1cc(Cl)ccc1C2N1CCC(=O)CC1. The van der Waals surface area contributed by atoms with Crippen molar-refractivity contribution < 1.29 is 4.79 Å². The summed E-state index contributed by atoms with van der Waals surface area (Å²) < 4.78 is 0. The third kappa shape index (κ3) is 2.89. The molecule has 1 unspecified atom stereocenters. The summed E-state index contributed by atoms with van der Waals surface area (Å²) in [6.45, 7) is 1.55. The van der Waals surface area contributed by atoms with Gasteiger partial charge in [0, 0.05) is 37.2 Å². The van der Waals surface area contributed by atoms with Gasteiger partial charge in [0.05, 0.1) is 11.7 Å². The number of likely N-dealkylation sites (tertiary alicyclic amines) is 1. The molecule has 1 saturated heterocycles. The molecule has 120 valence electrons. The summed E-state index contributed by atoms with van der Waals surface area (Å²) in [5, 5.41) is 0.764. The van der Waals surface area contributed by atoms with Gasteiger partial charge in [0.25, 0.3) is 0 Å². The first-order valence-corrected chi connectivity index (χ1v) is 8.78. The van der Waals surface area contributed by atoms with E-state index in [1.165, 1.54) is 16.7 Å². The summed E-state index contributed by atoms with van der Waals surface area (Å²) in [7, 11) is 5.96. The molecular weight excluding hydrogens is 318 g/mol. The van der Waals surface area contributed by atoms with Crippen LogP contribution in [-0.2, 0) is 17.6 Å². The highest BCUT2D eigenvalue weighted by Crippen LogP contribution is 2.37. The first-order chi connectivity index (χ1) is 11.6. The minimum atomic E-state index is 0.0727. The largest absolute Gasteiger partial charge is 0.300 e. The lowest BCUT2D eigenvalue weighted by Gasteiger charge is -2.35. The number of Topliss-reactive ketones (excluding diaryl/α,β-unsaturated/α-hetero) is 1. The van der Waals surface area contributed by atoms with Gasteiger partial charge in [-0.25, -0.2) is 0 Å². The number of carbonyl (C=O) groups is 1. The molecule has 3 nitrogen and oxygen atoms in total. The number of ketones is 1. The van der Waals surface area contributed by atoms with Crippen molar-refractivity contribution in [3.8, 4) is 0 Å². The highest BCUT2D eigenvalue weighted by molar-refractivity contribution is 6.32. The summed E-state index contributed by atoms with van der Waals surface area (Å²) in [5.41, 5.74) is 5.49. The second-order valence-electron chi connectivity index (χ2n) is 6.63. The maximum Gasteiger partial charge on any atom is 0.135 e. The van der Waals surface area contributed by atoms with Crippen molar-refractivity contribution in [2.45, 2.75) is 31.7 Å². The van der Waals surface area contributed by atoms with Crippen molar-refractivity contribution in [2.75, 3.05) is 13.1 Å². The fourth-order valence-corrected chi connectivity index (χ4v) is 4.06. The number of aromatic nitrogens is 1. The molecule has 5 heteroatoms. The highest BCUT2D eigenvalue weighted by Gasteiger charge is 2.32. The van der Waals surface area contributed by atoms with E-state index >= 15 is 0 Å². The summed E-state index contributed by atoms with van der Waals surface area (Å²) in [5.74, 6) is 0.349. The molecule has 4 rings (SSSR count). The third-order valence-corrected chi connectivity index (χ3v) is 5.30. The van der Waals surface area contributed by atoms with E-state index in [1.54, 1.807) is 6.20 Å². The number of hydrogen-bond donors (Lipinski definition) is 0. The van der Waals surface area contributed by atoms with Gasteiger partial charge in [-0.1, -0.05) is 29.2 Å². The number of nitrogens with zero attached hydrogens (tertiary/aromatic N) is 2. The predicted molar refractivity (Wildman–Crippen MR) is 96.1 cm³/mol. The zero-order chi connectivity index (χ0) is 16.7. The second kappa shape index (κ2) is 6.34. The Labute approximate surface area is 148 Å². The molecule has 1 aliphatic heterocycles. The second-order valence-corrected chi connectivity index (χ2v) is 7.07. The van der Waals surface area contributed by atoms with Crippen LogP contribution in [0, 0.1) is 0 Å². The van der Waals surface area contributed by atoms with Gasteiger partial charge >= 0.3 is 0 Å². The molecule has 1 aromatic heterocycles. The third-order valence-electron chi connectivity index (χ3n) is 5.07. The van der Waals surface area contributed by atoms with E-state index in [0.717, 1.165) is 36.6 Å². The smallest absolute Gasteiger partial charge is 0.135 e. The number of pyridine rings is 1. The molecule has 0 bridgehead atoms. The molecular formula is C19H18BClN2O. The predicted octanol–water partition coefficient (Wildman–Crippen LogP) is 2.38. The van der Waals surface area contributed by atoms with Crippen molar-refractivity contribution in [3.63, 3.8) is 0 Å². The highest BCUT2D eigenvalue weighted by atomic mass is 35.5. The standard InChI is InChI=1S/C19H18BClN2O/c20-14-9-13-2-1-12-10-15(21)3-4-17(12)19(18(13)22-11-14)23-7-5-16(24)6-8-23/h3-4,9-11,19H,1-2,5-8H2. The summed E-state index contributed by atoms with van der Waals surface area (Å²) >= 11 is 6.23. The van der Waals surface area contributed by atoms with Crippen LogP contribution < -0.4 is 5.46 Å². The zero-order valence-electron chi connectivity index (χ0n) is 13.5. The minimum absolute atomic E-state index is 0.0727. The summed E-state index contributed by atoms with van der Waals surface area (Å²) in [6, 6.07) is 8.24. The van der Waals surface area contributed by atoms with Gasteiger partial charge in [0.1, 0.15) is 13.6 Å². The Morgan fingerprint density at radius 2 is 1.83 bits per heavy atom. The average Bonchev–Trinajstić information content (AvgIpc) is 2.72. The number of piperidine rings is 1. The van der Waals surface area contributed by atoms with Crippen LogP contribution >= 0.6 is 11.6 Å². The van der Waals surface area contributed by atoms with Gasteiger partial charge in [0.15, 0.2) is 0 Å². The lowest BCUT2D eigenvalue weighted by molar-refractivity contribution is -0.121. The van der Waals surface area contributed by atoms with Crippen molar-refractivity contribution in [2.24, 2.45) is 0 Å². The number of benzene rings is 1. The molecule has 2 heterocycles. The van der Waals surface area contributed by atoms with Gasteiger partial charge in [0.2, 0.25) is 0 Å². The van der Waals surface area contributed by atoms with Crippen LogP contribution in [0.3, 0.4) is 0 Å². The lowest BCUT2D eigenvalue weighted by Crippen LogP contribution is -2.38. The molecule has 0 N–H and O–H groups in total. The maximum atomic E-state index is 11.7. The molecule has 1 fully saturated rings. The van der Waals surface area contributed by atoms with Gasteiger partial charge in [-0.3, -0.25) is 14.7 Å². The molecule has 2 aliphatic rings. The quantitative estimate of drug-likeness (QED) is 0.750. The Balaban J connectivity index is 1.84. The van der Waals surface area contributed by atoms with Gasteiger partial charge in [-0.2, -0.15) is 0 Å². The Morgan fingerprint density at radius 3 is 2.62 bits per heavy atom. The molecule has 2 aromatic rings. The van der Waals surface area contributed by atoms with E-state index < -0.39 is 0 Å². The minimum Gasteiger partial charge on any atom is -0.300 e. The normalized spacial score (nSPS) is 21.0. The molecule has 0 spiro atoms. The number of rotatable bonds is 1. The Kier molecular flexibility index (Phi) is 4.19. The number of carbonyl (C=O) groups excluding carboxylic acids is 1. The van der Waals surface area contributed by atoms with Crippen LogP contribution in [0.4, 0.5) is 0 Å². The van der Waals surface area contributed by atoms with Crippen molar-refractivity contribution in [1.29, 1.82) is 0 Å². The molecule has 1 aromatic carbocycles. The first kappa shape index (κ1) is 15.9. The summed E-state index contributed by atoms with van der Waals surface area (Å²) in [6.07, 6.45) is 4.80. The van der Waals surface area contributed by atoms with E-state index in [9.17, 15) is 4.79 Å². The average molecular weight is 337 g/mol. The Morgan fingerprint density at radius 1 is 1.08 bits per heavy atom. The fraction of sp³-hybridized carbons (Fsp3) is 0.368. The van der Waals surface area contributed by atoms with Gasteiger partial charge < -0.3 is 0 Å². The molecule has 1 aliphatic carbocycles. The van der Waals surface area contributed by atoms with E-state index in [2.05, 4.69) is 17.0 Å². The Bertz CT molecular complexity index is 744. The van der Waals surface area contributed by atoms with Crippen LogP contribution in [-0.4, -0.2) is 36.6 Å². The maximum absolute atomic E-state index is 11.7. The monoisotopic (exact) mass is 336 g/mol. The zero-order valence-corrected chi connectivity index (χ0v) is 14.2. The number of aryl methyl sites for hydroxylation is 2. The van der Waals surface area contributed by atoms with E-state index in [0.29, 0.717) is 24.1 Å².